The maximum absolute atomic E-state index is 12.9. The molecule has 9 heteroatoms. The molecule has 1 heterocycles. The zero-order chi connectivity index (χ0) is 21.0. The Balaban J connectivity index is 1.75. The van der Waals surface area contributed by atoms with E-state index in [-0.39, 0.29) is 25.1 Å². The summed E-state index contributed by atoms with van der Waals surface area (Å²) in [7, 11) is 0. The molecule has 0 saturated carbocycles. The summed E-state index contributed by atoms with van der Waals surface area (Å²) in [4.78, 5) is 36.9. The number of ether oxygens (including phenoxy) is 1. The predicted molar refractivity (Wildman–Crippen MR) is 95.5 cm³/mol. The van der Waals surface area contributed by atoms with Gasteiger partial charge in [-0.05, 0) is 17.2 Å². The fourth-order valence-corrected chi connectivity index (χ4v) is 2.95. The lowest BCUT2D eigenvalue weighted by molar-refractivity contribution is -0.137. The second kappa shape index (κ2) is 8.34. The second-order valence-electron chi connectivity index (χ2n) is 6.46. The van der Waals surface area contributed by atoms with Gasteiger partial charge in [-0.1, -0.05) is 48.5 Å². The smallest absolute Gasteiger partial charge is 0.417 e. The summed E-state index contributed by atoms with van der Waals surface area (Å²) in [6.45, 7) is -0.505. The highest BCUT2D eigenvalue weighted by molar-refractivity contribution is 5.97. The first kappa shape index (κ1) is 20.4. The minimum absolute atomic E-state index is 0.143. The van der Waals surface area contributed by atoms with Crippen LogP contribution in [0.1, 0.15) is 22.7 Å². The molecule has 0 spiro atoms. The quantitative estimate of drug-likeness (QED) is 0.800. The molecule has 0 aromatic heterocycles. The third kappa shape index (κ3) is 5.13. The Morgan fingerprint density at radius 2 is 1.83 bits per heavy atom. The van der Waals surface area contributed by atoms with E-state index in [9.17, 15) is 27.6 Å². The normalized spacial score (nSPS) is 15.2. The zero-order valence-corrected chi connectivity index (χ0v) is 15.1. The number of rotatable bonds is 6. The van der Waals surface area contributed by atoms with Crippen molar-refractivity contribution in [3.05, 3.63) is 71.3 Å². The Hall–Kier alpha value is -3.36. The van der Waals surface area contributed by atoms with Gasteiger partial charge in [0.15, 0.2) is 6.61 Å². The standard InChI is InChI=1S/C20H17F3N2O4/c21-20(22,23)15-8-4-5-13(9-15)10-17(26)24-16(14-6-2-1-3-7-14)11-25-18(27)12-29-19(25)28/h1-9,16H,10-12H2,(H,24,26). The lowest BCUT2D eigenvalue weighted by Gasteiger charge is -2.23. The summed E-state index contributed by atoms with van der Waals surface area (Å²) in [5.74, 6) is -1.07. The molecule has 29 heavy (non-hydrogen) atoms. The van der Waals surface area contributed by atoms with E-state index in [1.54, 1.807) is 30.3 Å². The monoisotopic (exact) mass is 406 g/mol. The predicted octanol–water partition coefficient (Wildman–Crippen LogP) is 3.08. The molecule has 1 atom stereocenters. The number of halogens is 3. The van der Waals surface area contributed by atoms with Gasteiger partial charge in [0.25, 0.3) is 5.91 Å². The number of nitrogens with one attached hydrogen (secondary N) is 1. The minimum Gasteiger partial charge on any atom is -0.439 e. The van der Waals surface area contributed by atoms with Gasteiger partial charge in [0.1, 0.15) is 0 Å². The summed E-state index contributed by atoms with van der Waals surface area (Å²) in [6.07, 6.45) is -5.59. The van der Waals surface area contributed by atoms with Crippen molar-refractivity contribution in [3.8, 4) is 0 Å². The van der Waals surface area contributed by atoms with E-state index in [1.165, 1.54) is 12.1 Å². The van der Waals surface area contributed by atoms with Crippen molar-refractivity contribution >= 4 is 17.9 Å². The number of hydrogen-bond acceptors (Lipinski definition) is 4. The van der Waals surface area contributed by atoms with E-state index < -0.39 is 35.7 Å². The first-order valence-corrected chi connectivity index (χ1v) is 8.71. The van der Waals surface area contributed by atoms with Crippen molar-refractivity contribution in [3.63, 3.8) is 0 Å². The van der Waals surface area contributed by atoms with Crippen molar-refractivity contribution in [2.45, 2.75) is 18.6 Å². The molecule has 1 saturated heterocycles. The van der Waals surface area contributed by atoms with Gasteiger partial charge >= 0.3 is 12.3 Å². The number of nitrogens with zero attached hydrogens (tertiary/aromatic N) is 1. The average molecular weight is 406 g/mol. The Morgan fingerprint density at radius 3 is 2.45 bits per heavy atom. The Morgan fingerprint density at radius 1 is 1.10 bits per heavy atom. The van der Waals surface area contributed by atoms with Crippen LogP contribution in [0.4, 0.5) is 18.0 Å². The van der Waals surface area contributed by atoms with Gasteiger partial charge in [-0.3, -0.25) is 9.59 Å². The molecule has 6 nitrogen and oxygen atoms in total. The first-order chi connectivity index (χ1) is 13.7. The fourth-order valence-electron chi connectivity index (χ4n) is 2.95. The lowest BCUT2D eigenvalue weighted by Crippen LogP contribution is -2.40. The molecule has 0 aliphatic carbocycles. The van der Waals surface area contributed by atoms with Gasteiger partial charge in [-0.2, -0.15) is 13.2 Å². The van der Waals surface area contributed by atoms with Gasteiger partial charge in [-0.15, -0.1) is 0 Å². The number of alkyl halides is 3. The number of carbonyl (C=O) groups is 3. The first-order valence-electron chi connectivity index (χ1n) is 8.71. The van der Waals surface area contributed by atoms with E-state index in [2.05, 4.69) is 10.1 Å². The summed E-state index contributed by atoms with van der Waals surface area (Å²) in [5.41, 5.74) is -0.00833. The van der Waals surface area contributed by atoms with Gasteiger partial charge in [0, 0.05) is 0 Å². The van der Waals surface area contributed by atoms with Crippen LogP contribution >= 0.6 is 0 Å². The number of hydrogen-bond donors (Lipinski definition) is 1. The van der Waals surface area contributed by atoms with Gasteiger partial charge in [0.05, 0.1) is 24.6 Å². The summed E-state index contributed by atoms with van der Waals surface area (Å²) >= 11 is 0. The van der Waals surface area contributed by atoms with Crippen LogP contribution < -0.4 is 5.32 Å². The largest absolute Gasteiger partial charge is 0.439 e. The molecule has 1 aliphatic rings. The molecule has 2 aromatic carbocycles. The van der Waals surface area contributed by atoms with Crippen molar-refractivity contribution < 1.29 is 32.3 Å². The fraction of sp³-hybridized carbons (Fsp3) is 0.250. The number of amides is 3. The van der Waals surface area contributed by atoms with Crippen LogP contribution in [0.15, 0.2) is 54.6 Å². The van der Waals surface area contributed by atoms with Gasteiger partial charge in [-0.25, -0.2) is 9.69 Å². The lowest BCUT2D eigenvalue weighted by atomic mass is 10.0. The van der Waals surface area contributed by atoms with Crippen molar-refractivity contribution in [2.24, 2.45) is 0 Å². The molecule has 0 radical (unpaired) electrons. The third-order valence-corrected chi connectivity index (χ3v) is 4.36. The third-order valence-electron chi connectivity index (χ3n) is 4.36. The van der Waals surface area contributed by atoms with Crippen molar-refractivity contribution in [2.75, 3.05) is 13.2 Å². The Labute approximate surface area is 164 Å². The van der Waals surface area contributed by atoms with E-state index in [1.807, 2.05) is 0 Å². The van der Waals surface area contributed by atoms with Crippen LogP contribution in [0.3, 0.4) is 0 Å². The molecule has 2 aromatic rings. The molecule has 1 fully saturated rings. The molecule has 1 aliphatic heterocycles. The molecule has 3 rings (SSSR count). The van der Waals surface area contributed by atoms with E-state index in [4.69, 9.17) is 0 Å². The Kier molecular flexibility index (Phi) is 5.86. The van der Waals surface area contributed by atoms with E-state index in [0.29, 0.717) is 5.56 Å². The van der Waals surface area contributed by atoms with Gasteiger partial charge < -0.3 is 10.1 Å². The molecule has 0 bridgehead atoms. The van der Waals surface area contributed by atoms with Crippen molar-refractivity contribution in [1.82, 2.24) is 10.2 Å². The van der Waals surface area contributed by atoms with Crippen LogP contribution in [0.25, 0.3) is 0 Å². The molecule has 1 unspecified atom stereocenters. The molecular weight excluding hydrogens is 389 g/mol. The SMILES string of the molecule is O=C(Cc1cccc(C(F)(F)F)c1)NC(CN1C(=O)COC1=O)c1ccccc1. The Bertz CT molecular complexity index is 899. The number of carbonyl (C=O) groups excluding carboxylic acids is 3. The molecule has 3 amide bonds. The highest BCUT2D eigenvalue weighted by Crippen LogP contribution is 2.29. The van der Waals surface area contributed by atoms with Crippen LogP contribution in [0.2, 0.25) is 0 Å². The summed E-state index contributed by atoms with van der Waals surface area (Å²) < 4.78 is 43.2. The van der Waals surface area contributed by atoms with Crippen molar-refractivity contribution in [1.29, 1.82) is 0 Å². The van der Waals surface area contributed by atoms with Crippen LogP contribution in [-0.2, 0) is 26.9 Å². The highest BCUT2D eigenvalue weighted by atomic mass is 19.4. The van der Waals surface area contributed by atoms with Crippen LogP contribution in [0.5, 0.6) is 0 Å². The molecule has 152 valence electrons. The number of benzene rings is 2. The zero-order valence-electron chi connectivity index (χ0n) is 15.1. The second-order valence-corrected chi connectivity index (χ2v) is 6.46. The number of imide groups is 1. The summed E-state index contributed by atoms with van der Waals surface area (Å²) in [6, 6.07) is 12.4. The maximum atomic E-state index is 12.9. The van der Waals surface area contributed by atoms with Crippen LogP contribution in [-0.4, -0.2) is 36.0 Å². The molecular formula is C20H17F3N2O4. The average Bonchev–Trinajstić information content (AvgIpc) is 2.99. The molecule has 1 N–H and O–H groups in total. The minimum atomic E-state index is -4.50. The summed E-state index contributed by atoms with van der Waals surface area (Å²) in [5, 5.41) is 2.69. The number of cyclic esters (lactones) is 1. The van der Waals surface area contributed by atoms with Crippen LogP contribution in [0, 0.1) is 0 Å². The van der Waals surface area contributed by atoms with E-state index >= 15 is 0 Å². The topological polar surface area (TPSA) is 75.7 Å². The maximum Gasteiger partial charge on any atom is 0.417 e. The van der Waals surface area contributed by atoms with Gasteiger partial charge in [0.2, 0.25) is 5.91 Å². The van der Waals surface area contributed by atoms with E-state index in [0.717, 1.165) is 17.0 Å². The highest BCUT2D eigenvalue weighted by Gasteiger charge is 2.34.